The summed E-state index contributed by atoms with van der Waals surface area (Å²) in [6.45, 7) is 3.93. The van der Waals surface area contributed by atoms with Gasteiger partial charge in [0.1, 0.15) is 12.4 Å². The van der Waals surface area contributed by atoms with Crippen LogP contribution >= 0.6 is 0 Å². The summed E-state index contributed by atoms with van der Waals surface area (Å²) in [5, 5.41) is 4.36. The molecule has 0 saturated heterocycles. The molecule has 0 aliphatic heterocycles. The minimum absolute atomic E-state index is 0.0634. The first-order valence-corrected chi connectivity index (χ1v) is 6.56. The quantitative estimate of drug-likeness (QED) is 0.670. The lowest BCUT2D eigenvalue weighted by Crippen LogP contribution is -2.06. The van der Waals surface area contributed by atoms with Crippen LogP contribution in [-0.2, 0) is 20.1 Å². The third-order valence-electron chi connectivity index (χ3n) is 3.15. The second-order valence-corrected chi connectivity index (χ2v) is 4.70. The highest BCUT2D eigenvalue weighted by Crippen LogP contribution is 2.23. The van der Waals surface area contributed by atoms with Crippen LogP contribution in [0.3, 0.4) is 0 Å². The third kappa shape index (κ3) is 2.99. The maximum atomic E-state index is 11.6. The summed E-state index contributed by atoms with van der Waals surface area (Å²) in [6, 6.07) is 7.09. The van der Waals surface area contributed by atoms with Crippen LogP contribution in [0.15, 0.2) is 24.3 Å². The highest BCUT2D eigenvalue weighted by Gasteiger charge is 2.11. The molecular formula is C15H19N3O2. The van der Waals surface area contributed by atoms with Crippen molar-refractivity contribution in [2.45, 2.75) is 26.9 Å². The highest BCUT2D eigenvalue weighted by molar-refractivity contribution is 5.97. The van der Waals surface area contributed by atoms with Crippen LogP contribution in [0.5, 0.6) is 5.75 Å². The predicted molar refractivity (Wildman–Crippen MR) is 77.8 cm³/mol. The van der Waals surface area contributed by atoms with Crippen molar-refractivity contribution in [1.82, 2.24) is 9.78 Å². The van der Waals surface area contributed by atoms with Gasteiger partial charge in [-0.25, -0.2) is 0 Å². The second kappa shape index (κ2) is 5.77. The number of aryl methyl sites for hydroxylation is 2. The number of hydrogen-bond donors (Lipinski definition) is 1. The van der Waals surface area contributed by atoms with Gasteiger partial charge in [0.05, 0.1) is 17.0 Å². The van der Waals surface area contributed by atoms with E-state index in [4.69, 9.17) is 10.5 Å². The molecule has 0 spiro atoms. The van der Waals surface area contributed by atoms with Gasteiger partial charge in [-0.1, -0.05) is 6.92 Å². The van der Waals surface area contributed by atoms with E-state index in [9.17, 15) is 4.79 Å². The number of carbonyl (C=O) groups excluding carboxylic acids is 1. The minimum atomic E-state index is -0.0634. The smallest absolute Gasteiger partial charge is 0.163 e. The van der Waals surface area contributed by atoms with Crippen LogP contribution in [0, 0.1) is 0 Å². The molecule has 106 valence electrons. The Morgan fingerprint density at radius 2 is 2.15 bits per heavy atom. The van der Waals surface area contributed by atoms with Crippen molar-refractivity contribution in [3.8, 4) is 5.75 Å². The molecule has 0 saturated carbocycles. The molecule has 1 aromatic heterocycles. The lowest BCUT2D eigenvalue weighted by Gasteiger charge is -2.10. The fourth-order valence-electron chi connectivity index (χ4n) is 1.98. The third-order valence-corrected chi connectivity index (χ3v) is 3.15. The molecule has 2 aromatic rings. The number of nitrogen functional groups attached to an aromatic ring is 1. The topological polar surface area (TPSA) is 70.1 Å². The molecule has 1 heterocycles. The Morgan fingerprint density at radius 1 is 1.40 bits per heavy atom. The lowest BCUT2D eigenvalue weighted by atomic mass is 10.1. The summed E-state index contributed by atoms with van der Waals surface area (Å²) >= 11 is 0. The molecule has 2 N–H and O–H groups in total. The first-order chi connectivity index (χ1) is 9.51. The molecule has 5 heteroatoms. The number of benzene rings is 1. The maximum absolute atomic E-state index is 11.6. The van der Waals surface area contributed by atoms with Gasteiger partial charge in [-0.2, -0.15) is 5.10 Å². The summed E-state index contributed by atoms with van der Waals surface area (Å²) in [4.78, 5) is 11.6. The summed E-state index contributed by atoms with van der Waals surface area (Å²) in [7, 11) is 1.88. The number of ether oxygens (including phenoxy) is 1. The van der Waals surface area contributed by atoms with E-state index in [2.05, 4.69) is 12.0 Å². The number of Topliss-reactive ketones (excluding diaryl/α,β-unsaturated/α-hetero) is 1. The molecule has 0 aliphatic rings. The van der Waals surface area contributed by atoms with E-state index in [0.29, 0.717) is 23.6 Å². The minimum Gasteiger partial charge on any atom is -0.487 e. The molecule has 0 fully saturated rings. The van der Waals surface area contributed by atoms with Crippen molar-refractivity contribution < 1.29 is 9.53 Å². The Morgan fingerprint density at radius 3 is 2.75 bits per heavy atom. The van der Waals surface area contributed by atoms with E-state index in [0.717, 1.165) is 17.8 Å². The summed E-state index contributed by atoms with van der Waals surface area (Å²) in [5.74, 6) is 0.484. The molecule has 1 aromatic carbocycles. The Bertz CT molecular complexity index is 632. The summed E-state index contributed by atoms with van der Waals surface area (Å²) < 4.78 is 7.54. The molecular weight excluding hydrogens is 254 g/mol. The average Bonchev–Trinajstić information content (AvgIpc) is 2.78. The van der Waals surface area contributed by atoms with Gasteiger partial charge in [-0.3, -0.25) is 9.48 Å². The van der Waals surface area contributed by atoms with E-state index in [1.807, 2.05) is 13.1 Å². The maximum Gasteiger partial charge on any atom is 0.163 e. The predicted octanol–water partition coefficient (Wildman–Crippen LogP) is 2.35. The van der Waals surface area contributed by atoms with Gasteiger partial charge >= 0.3 is 0 Å². The van der Waals surface area contributed by atoms with E-state index in [-0.39, 0.29) is 5.78 Å². The van der Waals surface area contributed by atoms with Crippen molar-refractivity contribution >= 4 is 11.5 Å². The van der Waals surface area contributed by atoms with E-state index in [1.165, 1.54) is 6.92 Å². The van der Waals surface area contributed by atoms with Crippen molar-refractivity contribution in [1.29, 1.82) is 0 Å². The number of nitrogens with zero attached hydrogens (tertiary/aromatic N) is 2. The zero-order chi connectivity index (χ0) is 14.7. The van der Waals surface area contributed by atoms with Gasteiger partial charge in [0.15, 0.2) is 5.78 Å². The normalized spacial score (nSPS) is 10.6. The van der Waals surface area contributed by atoms with Gasteiger partial charge in [0.25, 0.3) is 0 Å². The van der Waals surface area contributed by atoms with Crippen molar-refractivity contribution in [3.05, 3.63) is 41.2 Å². The van der Waals surface area contributed by atoms with Crippen molar-refractivity contribution in [3.63, 3.8) is 0 Å². The standard InChI is InChI=1S/C15H19N3O2/c1-4-12-8-13(18(3)17-12)9-20-15-6-5-11(16)7-14(15)10(2)19/h5-8H,4,9,16H2,1-3H3. The molecule has 5 nitrogen and oxygen atoms in total. The van der Waals surface area contributed by atoms with Crippen LogP contribution in [0.2, 0.25) is 0 Å². The SMILES string of the molecule is CCc1cc(COc2ccc(N)cc2C(C)=O)n(C)n1. The first kappa shape index (κ1) is 14.1. The summed E-state index contributed by atoms with van der Waals surface area (Å²) in [5.41, 5.74) is 8.74. The second-order valence-electron chi connectivity index (χ2n) is 4.70. The molecule has 0 atom stereocenters. The zero-order valence-corrected chi connectivity index (χ0v) is 12.0. The largest absolute Gasteiger partial charge is 0.487 e. The fraction of sp³-hybridized carbons (Fsp3) is 0.333. The molecule has 0 radical (unpaired) electrons. The number of nitrogens with two attached hydrogens (primary N) is 1. The monoisotopic (exact) mass is 273 g/mol. The molecule has 0 aliphatic carbocycles. The van der Waals surface area contributed by atoms with Gasteiger partial charge in [0, 0.05) is 12.7 Å². The zero-order valence-electron chi connectivity index (χ0n) is 12.0. The van der Waals surface area contributed by atoms with Crippen molar-refractivity contribution in [2.24, 2.45) is 7.05 Å². The molecule has 0 bridgehead atoms. The Kier molecular flexibility index (Phi) is 4.08. The van der Waals surface area contributed by atoms with Gasteiger partial charge < -0.3 is 10.5 Å². The van der Waals surface area contributed by atoms with E-state index < -0.39 is 0 Å². The van der Waals surface area contributed by atoms with Crippen LogP contribution in [0.4, 0.5) is 5.69 Å². The number of carbonyl (C=O) groups is 1. The number of hydrogen-bond acceptors (Lipinski definition) is 4. The van der Waals surface area contributed by atoms with Gasteiger partial charge in [-0.15, -0.1) is 0 Å². The molecule has 0 amide bonds. The van der Waals surface area contributed by atoms with Gasteiger partial charge in [0.2, 0.25) is 0 Å². The van der Waals surface area contributed by atoms with Crippen LogP contribution in [0.25, 0.3) is 0 Å². The summed E-state index contributed by atoms with van der Waals surface area (Å²) in [6.07, 6.45) is 0.883. The van der Waals surface area contributed by atoms with Crippen LogP contribution < -0.4 is 10.5 Å². The molecule has 2 rings (SSSR count). The fourth-order valence-corrected chi connectivity index (χ4v) is 1.98. The Balaban J connectivity index is 2.18. The number of ketones is 1. The van der Waals surface area contributed by atoms with Crippen molar-refractivity contribution in [2.75, 3.05) is 5.73 Å². The Labute approximate surface area is 118 Å². The number of anilines is 1. The number of aromatic nitrogens is 2. The van der Waals surface area contributed by atoms with Gasteiger partial charge in [-0.05, 0) is 37.6 Å². The van der Waals surface area contributed by atoms with Crippen LogP contribution in [0.1, 0.15) is 35.6 Å². The molecule has 20 heavy (non-hydrogen) atoms. The first-order valence-electron chi connectivity index (χ1n) is 6.56. The average molecular weight is 273 g/mol. The lowest BCUT2D eigenvalue weighted by molar-refractivity contribution is 0.101. The highest BCUT2D eigenvalue weighted by atomic mass is 16.5. The van der Waals surface area contributed by atoms with Crippen LogP contribution in [-0.4, -0.2) is 15.6 Å². The molecule has 0 unspecified atom stereocenters. The van der Waals surface area contributed by atoms with E-state index in [1.54, 1.807) is 22.9 Å². The number of rotatable bonds is 5. The van der Waals surface area contributed by atoms with E-state index >= 15 is 0 Å². The Hall–Kier alpha value is -2.30.